The van der Waals surface area contributed by atoms with Crippen molar-refractivity contribution in [2.24, 2.45) is 4.99 Å². The van der Waals surface area contributed by atoms with Gasteiger partial charge in [0.2, 0.25) is 11.9 Å². The van der Waals surface area contributed by atoms with Gasteiger partial charge in [0.05, 0.1) is 5.41 Å². The fourth-order valence-electron chi connectivity index (χ4n) is 5.64. The van der Waals surface area contributed by atoms with Crippen molar-refractivity contribution < 1.29 is 4.79 Å². The molecule has 0 saturated carbocycles. The lowest BCUT2D eigenvalue weighted by Gasteiger charge is -2.31. The van der Waals surface area contributed by atoms with Gasteiger partial charge in [-0.1, -0.05) is 23.3 Å². The highest BCUT2D eigenvalue weighted by atomic mass is 16.2. The number of carbonyl (C=O) groups is 1. The molecule has 0 unspecified atom stereocenters. The number of hydrogen-bond acceptors (Lipinski definition) is 4. The SMILES string of the molecule is CCN(CC)C(=O)C(C)(C)c1ccc2[nH]c(-c3cc(C)cc(C)c3)c(CCN=C(NC#N)NCCc3ccncc3)c2c1. The Morgan fingerprint density at radius 1 is 1.02 bits per heavy atom. The highest BCUT2D eigenvalue weighted by molar-refractivity contribution is 5.94. The van der Waals surface area contributed by atoms with Gasteiger partial charge in [-0.25, -0.2) is 0 Å². The molecule has 0 bridgehead atoms. The number of carbonyl (C=O) groups excluding carboxylic acids is 1. The molecule has 224 valence electrons. The molecular formula is C35H43N7O. The Kier molecular flexibility index (Phi) is 10.2. The zero-order chi connectivity index (χ0) is 31.0. The van der Waals surface area contributed by atoms with Crippen LogP contribution in [0.2, 0.25) is 0 Å². The number of guanidine groups is 1. The summed E-state index contributed by atoms with van der Waals surface area (Å²) in [6.07, 6.45) is 6.99. The van der Waals surface area contributed by atoms with Crippen molar-refractivity contribution in [1.29, 1.82) is 5.26 Å². The highest BCUT2D eigenvalue weighted by Gasteiger charge is 2.33. The minimum atomic E-state index is -0.671. The number of aryl methyl sites for hydroxylation is 2. The Bertz CT molecular complexity index is 1610. The van der Waals surface area contributed by atoms with Crippen molar-refractivity contribution in [2.75, 3.05) is 26.2 Å². The van der Waals surface area contributed by atoms with Crippen LogP contribution in [-0.2, 0) is 23.1 Å². The Labute approximate surface area is 255 Å². The number of rotatable bonds is 11. The van der Waals surface area contributed by atoms with Gasteiger partial charge >= 0.3 is 0 Å². The van der Waals surface area contributed by atoms with Crippen molar-refractivity contribution in [3.8, 4) is 17.5 Å². The third kappa shape index (κ3) is 7.42. The smallest absolute Gasteiger partial charge is 0.232 e. The highest BCUT2D eigenvalue weighted by Crippen LogP contribution is 2.35. The molecule has 43 heavy (non-hydrogen) atoms. The molecule has 0 radical (unpaired) electrons. The number of nitrogens with zero attached hydrogens (tertiary/aromatic N) is 4. The van der Waals surface area contributed by atoms with Gasteiger partial charge < -0.3 is 15.2 Å². The van der Waals surface area contributed by atoms with Gasteiger partial charge in [-0.15, -0.1) is 0 Å². The number of amides is 1. The normalized spacial score (nSPS) is 11.8. The molecule has 0 aliphatic carbocycles. The van der Waals surface area contributed by atoms with Gasteiger partial charge in [-0.05, 0) is 113 Å². The van der Waals surface area contributed by atoms with E-state index in [2.05, 4.69) is 70.8 Å². The predicted octanol–water partition coefficient (Wildman–Crippen LogP) is 5.79. The van der Waals surface area contributed by atoms with Crippen LogP contribution in [0, 0.1) is 25.3 Å². The van der Waals surface area contributed by atoms with Crippen LogP contribution in [0.1, 0.15) is 55.5 Å². The number of likely N-dealkylation sites (N-methyl/N-ethyl adjacent to an activating group) is 1. The summed E-state index contributed by atoms with van der Waals surface area (Å²) in [5, 5.41) is 16.4. The lowest BCUT2D eigenvalue weighted by Crippen LogP contribution is -2.43. The number of fused-ring (bicyclic) bond motifs is 1. The van der Waals surface area contributed by atoms with Crippen LogP contribution in [0.5, 0.6) is 0 Å². The number of aromatic nitrogens is 2. The Morgan fingerprint density at radius 3 is 2.37 bits per heavy atom. The summed E-state index contributed by atoms with van der Waals surface area (Å²) in [4.78, 5) is 27.8. The van der Waals surface area contributed by atoms with Crippen LogP contribution in [-0.4, -0.2) is 52.9 Å². The van der Waals surface area contributed by atoms with Crippen LogP contribution < -0.4 is 10.6 Å². The van der Waals surface area contributed by atoms with Crippen LogP contribution in [0.25, 0.3) is 22.2 Å². The molecule has 2 aromatic heterocycles. The number of benzene rings is 2. The number of hydrogen-bond donors (Lipinski definition) is 3. The van der Waals surface area contributed by atoms with E-state index in [0.717, 1.165) is 45.3 Å². The largest absolute Gasteiger partial charge is 0.355 e. The second-order valence-electron chi connectivity index (χ2n) is 11.5. The quantitative estimate of drug-likeness (QED) is 0.0904. The molecule has 4 rings (SSSR count). The number of nitriles is 1. The number of nitrogens with one attached hydrogen (secondary N) is 3. The van der Waals surface area contributed by atoms with E-state index >= 15 is 0 Å². The van der Waals surface area contributed by atoms with Crippen molar-refractivity contribution >= 4 is 22.8 Å². The topological polar surface area (TPSA) is 109 Å². The number of aromatic amines is 1. The van der Waals surface area contributed by atoms with Crippen molar-refractivity contribution in [2.45, 2.75) is 59.8 Å². The van der Waals surface area contributed by atoms with Gasteiger partial charge in [-0.2, -0.15) is 5.26 Å². The third-order valence-electron chi connectivity index (χ3n) is 7.99. The fourth-order valence-corrected chi connectivity index (χ4v) is 5.64. The van der Waals surface area contributed by atoms with E-state index in [0.29, 0.717) is 38.6 Å². The molecule has 8 nitrogen and oxygen atoms in total. The molecule has 0 spiro atoms. The molecule has 8 heteroatoms. The molecule has 0 aliphatic rings. The maximum absolute atomic E-state index is 13.5. The molecule has 0 fully saturated rings. The number of aliphatic imine (C=N–C) groups is 1. The summed E-state index contributed by atoms with van der Waals surface area (Å²) in [5.74, 6) is 0.578. The third-order valence-corrected chi connectivity index (χ3v) is 7.99. The Hall–Kier alpha value is -4.64. The van der Waals surface area contributed by atoms with Crippen LogP contribution in [0.15, 0.2) is 65.9 Å². The standard InChI is InChI=1S/C35H43N7O/c1-7-42(8-2)33(43)35(5,6)28-9-10-31-30(22-28)29(32(41-31)27-20-24(3)19-25(4)21-27)14-18-39-34(40-23-36)38-17-13-26-11-15-37-16-12-26/h9-12,15-16,19-22,41H,7-8,13-14,17-18H2,1-6H3,(H2,38,39,40). The first kappa shape index (κ1) is 31.3. The zero-order valence-electron chi connectivity index (χ0n) is 26.2. The molecule has 2 aromatic carbocycles. The molecule has 0 atom stereocenters. The van der Waals surface area contributed by atoms with E-state index in [9.17, 15) is 10.1 Å². The fraction of sp³-hybridized carbons (Fsp3) is 0.371. The first-order valence-electron chi connectivity index (χ1n) is 15.0. The zero-order valence-corrected chi connectivity index (χ0v) is 26.2. The molecule has 0 saturated heterocycles. The van der Waals surface area contributed by atoms with Gasteiger partial charge in [0.15, 0.2) is 6.19 Å². The minimum Gasteiger partial charge on any atom is -0.355 e. The second-order valence-corrected chi connectivity index (χ2v) is 11.5. The molecule has 0 aliphatic heterocycles. The average molecular weight is 578 g/mol. The minimum absolute atomic E-state index is 0.123. The van der Waals surface area contributed by atoms with Gasteiger partial charge in [0.1, 0.15) is 0 Å². The monoisotopic (exact) mass is 577 g/mol. The van der Waals surface area contributed by atoms with E-state index < -0.39 is 5.41 Å². The molecule has 3 N–H and O–H groups in total. The summed E-state index contributed by atoms with van der Waals surface area (Å²) in [5.41, 5.74) is 8.22. The van der Waals surface area contributed by atoms with E-state index in [1.165, 1.54) is 11.1 Å². The maximum Gasteiger partial charge on any atom is 0.232 e. The maximum atomic E-state index is 13.5. The Balaban J connectivity index is 1.68. The van der Waals surface area contributed by atoms with Crippen LogP contribution in [0.3, 0.4) is 0 Å². The van der Waals surface area contributed by atoms with Gasteiger partial charge in [0.25, 0.3) is 0 Å². The van der Waals surface area contributed by atoms with E-state index in [-0.39, 0.29) is 5.91 Å². The summed E-state index contributed by atoms with van der Waals surface area (Å²) >= 11 is 0. The first-order valence-corrected chi connectivity index (χ1v) is 15.0. The summed E-state index contributed by atoms with van der Waals surface area (Å²) in [6.45, 7) is 14.7. The summed E-state index contributed by atoms with van der Waals surface area (Å²) < 4.78 is 0. The molecular weight excluding hydrogens is 534 g/mol. The van der Waals surface area contributed by atoms with Crippen molar-refractivity contribution in [3.05, 3.63) is 88.7 Å². The lowest BCUT2D eigenvalue weighted by atomic mass is 9.82. The Morgan fingerprint density at radius 2 is 1.72 bits per heavy atom. The summed E-state index contributed by atoms with van der Waals surface area (Å²) in [7, 11) is 0. The molecule has 4 aromatic rings. The first-order chi connectivity index (χ1) is 20.7. The molecule has 2 heterocycles. The van der Waals surface area contributed by atoms with Gasteiger partial charge in [0, 0.05) is 55.2 Å². The van der Waals surface area contributed by atoms with Gasteiger partial charge in [-0.3, -0.25) is 20.1 Å². The van der Waals surface area contributed by atoms with Crippen LogP contribution >= 0.6 is 0 Å². The van der Waals surface area contributed by atoms with E-state index in [1.807, 2.05) is 50.9 Å². The van der Waals surface area contributed by atoms with Crippen molar-refractivity contribution in [3.63, 3.8) is 0 Å². The average Bonchev–Trinajstić information content (AvgIpc) is 3.35. The summed E-state index contributed by atoms with van der Waals surface area (Å²) in [6, 6.07) is 16.8. The molecule has 1 amide bonds. The number of pyridine rings is 1. The van der Waals surface area contributed by atoms with E-state index in [1.54, 1.807) is 12.4 Å². The predicted molar refractivity (Wildman–Crippen MR) is 175 cm³/mol. The number of H-pyrrole nitrogens is 1. The second kappa shape index (κ2) is 14.0. The van der Waals surface area contributed by atoms with Crippen LogP contribution in [0.4, 0.5) is 0 Å². The van der Waals surface area contributed by atoms with E-state index in [4.69, 9.17) is 4.99 Å². The van der Waals surface area contributed by atoms with Crippen molar-refractivity contribution in [1.82, 2.24) is 25.5 Å². The lowest BCUT2D eigenvalue weighted by molar-refractivity contribution is -0.135.